The summed E-state index contributed by atoms with van der Waals surface area (Å²) in [6.45, 7) is 4.13. The summed E-state index contributed by atoms with van der Waals surface area (Å²) in [5.74, 6) is 0.942. The van der Waals surface area contributed by atoms with Crippen molar-refractivity contribution in [3.63, 3.8) is 0 Å². The van der Waals surface area contributed by atoms with Crippen LogP contribution in [-0.2, 0) is 20.8 Å². The number of aryl methyl sites for hydroxylation is 2. The van der Waals surface area contributed by atoms with Crippen LogP contribution in [0.5, 0.6) is 5.75 Å². The van der Waals surface area contributed by atoms with Gasteiger partial charge in [0, 0.05) is 0 Å². The molecule has 0 heterocycles. The molecule has 0 aromatic heterocycles. The van der Waals surface area contributed by atoms with Gasteiger partial charge in [-0.15, -0.1) is 0 Å². The molecule has 0 aliphatic heterocycles. The van der Waals surface area contributed by atoms with Gasteiger partial charge in [-0.3, -0.25) is 0 Å². The van der Waals surface area contributed by atoms with Gasteiger partial charge in [-0.1, -0.05) is 0 Å². The first-order valence-electron chi connectivity index (χ1n) is 3.14. The van der Waals surface area contributed by atoms with E-state index in [0.29, 0.717) is 0 Å². The van der Waals surface area contributed by atoms with Gasteiger partial charge in [0.1, 0.15) is 0 Å². The fraction of sp³-hybridized carbons (Fsp3) is 0.250. The van der Waals surface area contributed by atoms with Crippen molar-refractivity contribution in [1.29, 1.82) is 0 Å². The summed E-state index contributed by atoms with van der Waals surface area (Å²) in [6, 6.07) is 6.17. The van der Waals surface area contributed by atoms with Crippen LogP contribution in [0.2, 0.25) is 0 Å². The van der Waals surface area contributed by atoms with E-state index in [1.807, 2.05) is 12.1 Å². The normalized spacial score (nSPS) is 8.00. The molecular weight excluding hydrogens is 231 g/mol. The molecule has 0 bridgehead atoms. The molecule has 0 aliphatic rings. The monoisotopic (exact) mass is 239 g/mol. The fourth-order valence-electron chi connectivity index (χ4n) is 0.992. The summed E-state index contributed by atoms with van der Waals surface area (Å²) >= 11 is 1.69. The minimum Gasteiger partial charge on any atom is -1.00 e. The molecular formula is C8H9Cl2OTi. The molecule has 65 valence electrons. The number of halogens is 2. The second-order valence-electron chi connectivity index (χ2n) is 2.43. The molecule has 0 unspecified atom stereocenters. The zero-order valence-corrected chi connectivity index (χ0v) is 9.97. The fourth-order valence-corrected chi connectivity index (χ4v) is 1.18. The van der Waals surface area contributed by atoms with Gasteiger partial charge in [-0.2, -0.15) is 0 Å². The molecule has 12 heavy (non-hydrogen) atoms. The van der Waals surface area contributed by atoms with E-state index in [4.69, 9.17) is 3.32 Å². The summed E-state index contributed by atoms with van der Waals surface area (Å²) in [4.78, 5) is 0. The molecule has 1 rings (SSSR count). The van der Waals surface area contributed by atoms with Crippen molar-refractivity contribution >= 4 is 0 Å². The average molecular weight is 240 g/mol. The first-order valence-corrected chi connectivity index (χ1v) is 3.78. The van der Waals surface area contributed by atoms with Crippen molar-refractivity contribution in [3.05, 3.63) is 29.3 Å². The SMILES string of the molecule is Cc1cc(C)cc([O][Ti+2])c1.[Cl-].[Cl-]. The Bertz CT molecular complexity index is 220. The van der Waals surface area contributed by atoms with Crippen molar-refractivity contribution in [2.75, 3.05) is 0 Å². The van der Waals surface area contributed by atoms with E-state index < -0.39 is 0 Å². The minimum absolute atomic E-state index is 0. The largest absolute Gasteiger partial charge is 1.00 e. The van der Waals surface area contributed by atoms with Crippen molar-refractivity contribution in [2.24, 2.45) is 0 Å². The standard InChI is InChI=1S/C8H10O.2ClH.Ti/c1-6-3-7(2)5-8(9)4-6;;;/h3-5,9H,1-2H3;2*1H;/q;;;+3/p-3. The first kappa shape index (κ1) is 14.8. The molecule has 0 amide bonds. The van der Waals surface area contributed by atoms with Gasteiger partial charge in [0.05, 0.1) is 0 Å². The first-order chi connectivity index (χ1) is 4.72. The maximum absolute atomic E-state index is 5.08. The second kappa shape index (κ2) is 6.79. The molecule has 0 fully saturated rings. The molecule has 0 radical (unpaired) electrons. The third kappa shape index (κ3) is 4.37. The van der Waals surface area contributed by atoms with Crippen LogP contribution in [-0.4, -0.2) is 0 Å². The maximum atomic E-state index is 5.08. The van der Waals surface area contributed by atoms with Gasteiger partial charge < -0.3 is 24.8 Å². The molecule has 0 saturated heterocycles. The second-order valence-corrected chi connectivity index (χ2v) is 2.74. The zero-order chi connectivity index (χ0) is 7.56. The Morgan fingerprint density at radius 2 is 1.42 bits per heavy atom. The topological polar surface area (TPSA) is 9.23 Å². The van der Waals surface area contributed by atoms with E-state index in [9.17, 15) is 0 Å². The molecule has 0 spiro atoms. The molecule has 1 nitrogen and oxygen atoms in total. The van der Waals surface area contributed by atoms with E-state index in [2.05, 4.69) is 19.9 Å². The van der Waals surface area contributed by atoms with E-state index in [1.54, 1.807) is 20.8 Å². The van der Waals surface area contributed by atoms with Crippen LogP contribution in [0.25, 0.3) is 0 Å². The average Bonchev–Trinajstić information content (AvgIpc) is 1.85. The van der Waals surface area contributed by atoms with Crippen LogP contribution >= 0.6 is 0 Å². The third-order valence-corrected chi connectivity index (χ3v) is 1.68. The van der Waals surface area contributed by atoms with Gasteiger partial charge in [-0.05, 0) is 0 Å². The number of hydrogen-bond donors (Lipinski definition) is 0. The summed E-state index contributed by atoms with van der Waals surface area (Å²) in [7, 11) is 0. The minimum atomic E-state index is 0. The molecule has 0 aliphatic carbocycles. The summed E-state index contributed by atoms with van der Waals surface area (Å²) in [5.41, 5.74) is 2.49. The van der Waals surface area contributed by atoms with Crippen molar-refractivity contribution in [3.8, 4) is 5.75 Å². The third-order valence-electron chi connectivity index (χ3n) is 1.31. The summed E-state index contributed by atoms with van der Waals surface area (Å²) in [5, 5.41) is 0. The van der Waals surface area contributed by atoms with Gasteiger partial charge in [0.25, 0.3) is 0 Å². The molecule has 1 aromatic carbocycles. The van der Waals surface area contributed by atoms with Gasteiger partial charge in [0.2, 0.25) is 0 Å². The Labute approximate surface area is 97.6 Å². The molecule has 0 atom stereocenters. The van der Waals surface area contributed by atoms with Crippen LogP contribution in [0.15, 0.2) is 18.2 Å². The Balaban J connectivity index is 0. The van der Waals surface area contributed by atoms with Crippen LogP contribution in [0.3, 0.4) is 0 Å². The number of hydrogen-bond acceptors (Lipinski definition) is 1. The molecule has 1 aromatic rings. The Kier molecular flexibility index (Phi) is 8.38. The molecule has 0 N–H and O–H groups in total. The van der Waals surface area contributed by atoms with Crippen LogP contribution in [0, 0.1) is 13.8 Å². The Morgan fingerprint density at radius 1 is 1.00 bits per heavy atom. The van der Waals surface area contributed by atoms with E-state index >= 15 is 0 Å². The van der Waals surface area contributed by atoms with Crippen molar-refractivity contribution < 1.29 is 49.0 Å². The van der Waals surface area contributed by atoms with E-state index in [1.165, 1.54) is 11.1 Å². The van der Waals surface area contributed by atoms with Crippen molar-refractivity contribution in [2.45, 2.75) is 13.8 Å². The quantitative estimate of drug-likeness (QED) is 0.457. The Morgan fingerprint density at radius 3 is 1.75 bits per heavy atom. The van der Waals surface area contributed by atoms with E-state index in [0.717, 1.165) is 5.75 Å². The zero-order valence-electron chi connectivity index (χ0n) is 6.90. The Hall–Kier alpha value is 0.314. The van der Waals surface area contributed by atoms with Gasteiger partial charge in [0.15, 0.2) is 0 Å². The van der Waals surface area contributed by atoms with Crippen LogP contribution in [0.4, 0.5) is 0 Å². The number of benzene rings is 1. The van der Waals surface area contributed by atoms with Crippen LogP contribution < -0.4 is 28.1 Å². The predicted molar refractivity (Wildman–Crippen MR) is 36.5 cm³/mol. The molecule has 0 saturated carbocycles. The smallest absolute Gasteiger partial charge is 1.00 e. The van der Waals surface area contributed by atoms with Gasteiger partial charge >= 0.3 is 73.1 Å². The van der Waals surface area contributed by atoms with Crippen molar-refractivity contribution in [1.82, 2.24) is 0 Å². The number of rotatable bonds is 1. The predicted octanol–water partition coefficient (Wildman–Crippen LogP) is -3.85. The maximum Gasteiger partial charge on any atom is -1.00 e. The molecule has 4 heteroatoms. The van der Waals surface area contributed by atoms with Crippen LogP contribution in [0.1, 0.15) is 11.1 Å². The van der Waals surface area contributed by atoms with E-state index in [-0.39, 0.29) is 24.8 Å². The summed E-state index contributed by atoms with van der Waals surface area (Å²) in [6.07, 6.45) is 0. The summed E-state index contributed by atoms with van der Waals surface area (Å²) < 4.78 is 5.08. The van der Waals surface area contributed by atoms with Gasteiger partial charge in [-0.25, -0.2) is 0 Å².